The van der Waals surface area contributed by atoms with Crippen LogP contribution in [0, 0.1) is 6.07 Å². The Morgan fingerprint density at radius 3 is 2.52 bits per heavy atom. The van der Waals surface area contributed by atoms with Gasteiger partial charge in [-0.3, -0.25) is 0 Å². The fraction of sp³-hybridized carbons (Fsp3) is 0.364. The lowest BCUT2D eigenvalue weighted by atomic mass is 10.0. The smallest absolute Gasteiger partial charge is 0.119 e. The van der Waals surface area contributed by atoms with Gasteiger partial charge in [-0.2, -0.15) is 0 Å². The summed E-state index contributed by atoms with van der Waals surface area (Å²) in [4.78, 5) is 0. The molecule has 0 amide bonds. The fourth-order valence-corrected chi connectivity index (χ4v) is 2.49. The summed E-state index contributed by atoms with van der Waals surface area (Å²) in [5, 5.41) is 0. The molecule has 0 aromatic heterocycles. The van der Waals surface area contributed by atoms with Gasteiger partial charge < -0.3 is 4.74 Å². The molecule has 0 saturated carbocycles. The second-order valence-electron chi connectivity index (χ2n) is 5.87. The first-order chi connectivity index (χ1) is 11.3. The molecule has 0 heterocycles. The first kappa shape index (κ1) is 17.3. The van der Waals surface area contributed by atoms with E-state index in [1.165, 1.54) is 30.4 Å². The Hall–Kier alpha value is -2.02. The van der Waals surface area contributed by atoms with Gasteiger partial charge in [0, 0.05) is 0 Å². The average molecular weight is 307 g/mol. The molecule has 1 heteroatoms. The van der Waals surface area contributed by atoms with Crippen LogP contribution < -0.4 is 4.74 Å². The highest BCUT2D eigenvalue weighted by atomic mass is 16.5. The lowest BCUT2D eigenvalue weighted by Gasteiger charge is -2.07. The lowest BCUT2D eigenvalue weighted by Crippen LogP contribution is -1.96. The Balaban J connectivity index is 1.87. The minimum atomic E-state index is 0.757. The molecule has 2 aromatic rings. The van der Waals surface area contributed by atoms with Crippen molar-refractivity contribution in [2.75, 3.05) is 6.61 Å². The number of hydrogen-bond donors (Lipinski definition) is 0. The number of unbranched alkanes of at least 4 members (excludes halogenated alkanes) is 3. The number of benzene rings is 2. The van der Waals surface area contributed by atoms with Gasteiger partial charge in [0.1, 0.15) is 5.75 Å². The van der Waals surface area contributed by atoms with Gasteiger partial charge in [-0.25, -0.2) is 0 Å². The van der Waals surface area contributed by atoms with Crippen molar-refractivity contribution in [3.05, 3.63) is 66.7 Å². The van der Waals surface area contributed by atoms with E-state index in [0.29, 0.717) is 0 Å². The van der Waals surface area contributed by atoms with E-state index in [1.54, 1.807) is 0 Å². The molecule has 0 atom stereocenters. The Morgan fingerprint density at radius 1 is 1.04 bits per heavy atom. The van der Waals surface area contributed by atoms with E-state index in [2.05, 4.69) is 49.9 Å². The van der Waals surface area contributed by atoms with Gasteiger partial charge in [0.05, 0.1) is 6.61 Å². The van der Waals surface area contributed by atoms with E-state index in [-0.39, 0.29) is 0 Å². The summed E-state index contributed by atoms with van der Waals surface area (Å²) in [5.41, 5.74) is 3.74. The van der Waals surface area contributed by atoms with Crippen molar-refractivity contribution in [1.29, 1.82) is 0 Å². The molecule has 0 aliphatic carbocycles. The summed E-state index contributed by atoms with van der Waals surface area (Å²) < 4.78 is 5.74. The van der Waals surface area contributed by atoms with Crippen molar-refractivity contribution in [2.45, 2.75) is 45.4 Å². The van der Waals surface area contributed by atoms with E-state index in [0.717, 1.165) is 37.2 Å². The van der Waals surface area contributed by atoms with Gasteiger partial charge in [-0.05, 0) is 67.0 Å². The third kappa shape index (κ3) is 5.94. The monoisotopic (exact) mass is 307 g/mol. The van der Waals surface area contributed by atoms with Gasteiger partial charge >= 0.3 is 0 Å². The van der Waals surface area contributed by atoms with Crippen molar-refractivity contribution in [3.63, 3.8) is 0 Å². The molecule has 0 aliphatic rings. The summed E-state index contributed by atoms with van der Waals surface area (Å²) in [6, 6.07) is 18.2. The van der Waals surface area contributed by atoms with Gasteiger partial charge in [0.2, 0.25) is 0 Å². The molecule has 0 N–H and O–H groups in total. The second-order valence-corrected chi connectivity index (χ2v) is 5.87. The lowest BCUT2D eigenvalue weighted by molar-refractivity contribution is 0.307. The molecular weight excluding hydrogens is 280 g/mol. The molecule has 121 valence electrons. The van der Waals surface area contributed by atoms with Crippen LogP contribution >= 0.6 is 0 Å². The van der Waals surface area contributed by atoms with Crippen LogP contribution in [0.15, 0.2) is 55.1 Å². The van der Waals surface area contributed by atoms with E-state index < -0.39 is 0 Å². The highest BCUT2D eigenvalue weighted by molar-refractivity contribution is 5.63. The van der Waals surface area contributed by atoms with Crippen molar-refractivity contribution in [2.24, 2.45) is 0 Å². The highest BCUT2D eigenvalue weighted by Gasteiger charge is 2.00. The minimum Gasteiger partial charge on any atom is -0.494 e. The first-order valence-corrected chi connectivity index (χ1v) is 8.68. The van der Waals surface area contributed by atoms with Gasteiger partial charge in [-0.15, -0.1) is 6.58 Å². The van der Waals surface area contributed by atoms with E-state index in [9.17, 15) is 0 Å². The molecule has 1 radical (unpaired) electrons. The number of rotatable bonds is 10. The molecule has 0 saturated heterocycles. The third-order valence-corrected chi connectivity index (χ3v) is 3.94. The average Bonchev–Trinajstić information content (AvgIpc) is 2.61. The molecule has 0 bridgehead atoms. The van der Waals surface area contributed by atoms with Crippen LogP contribution in [-0.4, -0.2) is 6.61 Å². The molecule has 23 heavy (non-hydrogen) atoms. The largest absolute Gasteiger partial charge is 0.494 e. The predicted octanol–water partition coefficient (Wildman–Crippen LogP) is 6.23. The van der Waals surface area contributed by atoms with Crippen LogP contribution in [0.4, 0.5) is 0 Å². The van der Waals surface area contributed by atoms with Crippen molar-refractivity contribution >= 4 is 0 Å². The van der Waals surface area contributed by atoms with Crippen molar-refractivity contribution in [1.82, 2.24) is 0 Å². The zero-order valence-corrected chi connectivity index (χ0v) is 14.2. The Morgan fingerprint density at radius 2 is 1.87 bits per heavy atom. The maximum Gasteiger partial charge on any atom is 0.119 e. The maximum atomic E-state index is 5.74. The SMILES string of the molecule is C=CCCCCOc1c[c]c(-c2ccc(CCCC)cc2)cc1. The summed E-state index contributed by atoms with van der Waals surface area (Å²) >= 11 is 0. The predicted molar refractivity (Wildman–Crippen MR) is 98.9 cm³/mol. The standard InChI is InChI=1S/C22H27O/c1-3-5-7-8-18-23-22-16-14-21(15-17-22)20-12-10-19(11-13-20)9-6-4-2/h3,10-14,16-17H,1,4-9,18H2,2H3. The fourth-order valence-electron chi connectivity index (χ4n) is 2.49. The Bertz CT molecular complexity index is 566. The molecule has 0 spiro atoms. The Labute approximate surface area is 141 Å². The summed E-state index contributed by atoms with van der Waals surface area (Å²) in [7, 11) is 0. The van der Waals surface area contributed by atoms with Gasteiger partial charge in [0.25, 0.3) is 0 Å². The molecule has 2 rings (SSSR count). The normalized spacial score (nSPS) is 10.5. The second kappa shape index (κ2) is 9.89. The van der Waals surface area contributed by atoms with Crippen LogP contribution in [0.25, 0.3) is 11.1 Å². The first-order valence-electron chi connectivity index (χ1n) is 8.68. The number of ether oxygens (including phenoxy) is 1. The molecular formula is C22H27O. The van der Waals surface area contributed by atoms with Crippen molar-refractivity contribution in [3.8, 4) is 16.9 Å². The van der Waals surface area contributed by atoms with E-state index in [4.69, 9.17) is 4.74 Å². The molecule has 2 aromatic carbocycles. The molecule has 0 aliphatic heterocycles. The van der Waals surface area contributed by atoms with Crippen LogP contribution in [0.2, 0.25) is 0 Å². The van der Waals surface area contributed by atoms with E-state index in [1.807, 2.05) is 18.2 Å². The van der Waals surface area contributed by atoms with E-state index >= 15 is 0 Å². The molecule has 1 nitrogen and oxygen atoms in total. The minimum absolute atomic E-state index is 0.757. The topological polar surface area (TPSA) is 9.23 Å². The van der Waals surface area contributed by atoms with Gasteiger partial charge in [-0.1, -0.05) is 49.8 Å². The van der Waals surface area contributed by atoms with Crippen LogP contribution in [0.1, 0.15) is 44.6 Å². The maximum absolute atomic E-state index is 5.74. The summed E-state index contributed by atoms with van der Waals surface area (Å²) in [6.07, 6.45) is 8.87. The number of aryl methyl sites for hydroxylation is 1. The molecule has 0 fully saturated rings. The number of allylic oxidation sites excluding steroid dienone is 1. The number of hydrogen-bond acceptors (Lipinski definition) is 1. The summed E-state index contributed by atoms with van der Waals surface area (Å²) in [5.74, 6) is 0.895. The molecule has 0 unspecified atom stereocenters. The third-order valence-electron chi connectivity index (χ3n) is 3.94. The zero-order chi connectivity index (χ0) is 16.3. The summed E-state index contributed by atoms with van der Waals surface area (Å²) in [6.45, 7) is 6.71. The van der Waals surface area contributed by atoms with Gasteiger partial charge in [0.15, 0.2) is 0 Å². The van der Waals surface area contributed by atoms with Crippen molar-refractivity contribution < 1.29 is 4.74 Å². The zero-order valence-electron chi connectivity index (χ0n) is 14.2. The van der Waals surface area contributed by atoms with Crippen LogP contribution in [0.3, 0.4) is 0 Å². The quantitative estimate of drug-likeness (QED) is 0.373. The van der Waals surface area contributed by atoms with Crippen LogP contribution in [-0.2, 0) is 6.42 Å². The van der Waals surface area contributed by atoms with Crippen LogP contribution in [0.5, 0.6) is 5.75 Å². The Kier molecular flexibility index (Phi) is 7.45. The highest BCUT2D eigenvalue weighted by Crippen LogP contribution is 2.23.